The lowest BCUT2D eigenvalue weighted by atomic mass is 9.98. The molecular weight excluding hydrogens is 172 g/mol. The molecule has 1 heteroatoms. The van der Waals surface area contributed by atoms with Crippen molar-refractivity contribution in [3.05, 3.63) is 42.3 Å². The van der Waals surface area contributed by atoms with E-state index in [0.717, 1.165) is 12.0 Å². The third-order valence-electron chi connectivity index (χ3n) is 2.46. The molecule has 1 nitrogen and oxygen atoms in total. The standard InChI is InChI=1S/C13H19O/c1-3-4-6-12-7-5-8-13(9-12)11(2)10-14/h5,7-9,11,14H,2-4,6,10H2,1H3. The van der Waals surface area contributed by atoms with E-state index in [4.69, 9.17) is 5.11 Å². The maximum Gasteiger partial charge on any atom is 0.0499 e. The van der Waals surface area contributed by atoms with Gasteiger partial charge in [0.05, 0.1) is 0 Å². The molecule has 1 radical (unpaired) electrons. The fourth-order valence-electron chi connectivity index (χ4n) is 1.49. The van der Waals surface area contributed by atoms with Crippen molar-refractivity contribution in [3.8, 4) is 0 Å². The third-order valence-corrected chi connectivity index (χ3v) is 2.46. The van der Waals surface area contributed by atoms with Gasteiger partial charge < -0.3 is 5.11 Å². The van der Waals surface area contributed by atoms with Crippen LogP contribution in [-0.4, -0.2) is 11.7 Å². The van der Waals surface area contributed by atoms with E-state index in [0.29, 0.717) is 0 Å². The summed E-state index contributed by atoms with van der Waals surface area (Å²) in [5.41, 5.74) is 2.49. The number of rotatable bonds is 5. The van der Waals surface area contributed by atoms with Crippen LogP contribution in [0.5, 0.6) is 0 Å². The Morgan fingerprint density at radius 1 is 1.43 bits per heavy atom. The second-order valence-electron chi connectivity index (χ2n) is 3.73. The predicted molar refractivity (Wildman–Crippen MR) is 60.2 cm³/mol. The minimum Gasteiger partial charge on any atom is -0.396 e. The largest absolute Gasteiger partial charge is 0.396 e. The maximum atomic E-state index is 8.99. The number of aliphatic hydroxyl groups is 1. The van der Waals surface area contributed by atoms with Gasteiger partial charge >= 0.3 is 0 Å². The number of aliphatic hydroxyl groups excluding tert-OH is 1. The lowest BCUT2D eigenvalue weighted by Gasteiger charge is -2.09. The first-order valence-electron chi connectivity index (χ1n) is 5.30. The van der Waals surface area contributed by atoms with Crippen molar-refractivity contribution in [3.63, 3.8) is 0 Å². The molecule has 0 amide bonds. The molecule has 1 atom stereocenters. The molecule has 0 heterocycles. The number of aryl methyl sites for hydroxylation is 1. The fraction of sp³-hybridized carbons (Fsp3) is 0.462. The van der Waals surface area contributed by atoms with Crippen molar-refractivity contribution in [2.75, 3.05) is 6.61 Å². The third kappa shape index (κ3) is 3.15. The topological polar surface area (TPSA) is 20.2 Å². The highest BCUT2D eigenvalue weighted by molar-refractivity contribution is 5.27. The van der Waals surface area contributed by atoms with Gasteiger partial charge in [-0.05, 0) is 30.9 Å². The van der Waals surface area contributed by atoms with Crippen molar-refractivity contribution >= 4 is 0 Å². The Labute approximate surface area is 86.8 Å². The Kier molecular flexibility index (Phi) is 4.68. The highest BCUT2D eigenvalue weighted by Crippen LogP contribution is 2.16. The molecule has 0 aliphatic rings. The summed E-state index contributed by atoms with van der Waals surface area (Å²) in [5, 5.41) is 8.99. The molecule has 0 aliphatic carbocycles. The molecule has 0 bridgehead atoms. The average molecular weight is 191 g/mol. The summed E-state index contributed by atoms with van der Waals surface area (Å²) < 4.78 is 0. The van der Waals surface area contributed by atoms with Crippen molar-refractivity contribution < 1.29 is 5.11 Å². The van der Waals surface area contributed by atoms with E-state index in [1.807, 2.05) is 12.1 Å². The van der Waals surface area contributed by atoms with Crippen LogP contribution in [-0.2, 0) is 6.42 Å². The Morgan fingerprint density at radius 2 is 2.21 bits per heavy atom. The van der Waals surface area contributed by atoms with E-state index in [9.17, 15) is 0 Å². The smallest absolute Gasteiger partial charge is 0.0499 e. The summed E-state index contributed by atoms with van der Waals surface area (Å²) in [4.78, 5) is 0. The van der Waals surface area contributed by atoms with Gasteiger partial charge in [-0.2, -0.15) is 0 Å². The van der Waals surface area contributed by atoms with Gasteiger partial charge in [-0.15, -0.1) is 0 Å². The summed E-state index contributed by atoms with van der Waals surface area (Å²) in [6.45, 7) is 6.22. The molecule has 1 aromatic carbocycles. The van der Waals surface area contributed by atoms with Gasteiger partial charge in [0.2, 0.25) is 0 Å². The minimum atomic E-state index is 0.0107. The Balaban J connectivity index is 2.68. The van der Waals surface area contributed by atoms with Crippen molar-refractivity contribution in [2.45, 2.75) is 32.1 Å². The highest BCUT2D eigenvalue weighted by Gasteiger charge is 2.03. The van der Waals surface area contributed by atoms with Crippen LogP contribution >= 0.6 is 0 Å². The normalized spacial score (nSPS) is 12.8. The minimum absolute atomic E-state index is 0.0107. The maximum absolute atomic E-state index is 8.99. The Hall–Kier alpha value is -0.820. The van der Waals surface area contributed by atoms with Crippen LogP contribution in [0.15, 0.2) is 24.3 Å². The van der Waals surface area contributed by atoms with Gasteiger partial charge in [0, 0.05) is 12.5 Å². The molecule has 1 rings (SSSR count). The number of unbranched alkanes of at least 4 members (excludes halogenated alkanes) is 1. The van der Waals surface area contributed by atoms with Gasteiger partial charge in [0.1, 0.15) is 0 Å². The zero-order valence-corrected chi connectivity index (χ0v) is 8.87. The van der Waals surface area contributed by atoms with Crippen LogP contribution in [0.25, 0.3) is 0 Å². The highest BCUT2D eigenvalue weighted by atomic mass is 16.3. The summed E-state index contributed by atoms with van der Waals surface area (Å²) in [5.74, 6) is 0.0107. The molecule has 0 spiro atoms. The van der Waals surface area contributed by atoms with Gasteiger partial charge in [0.15, 0.2) is 0 Å². The van der Waals surface area contributed by atoms with Gasteiger partial charge in [-0.25, -0.2) is 0 Å². The van der Waals surface area contributed by atoms with Crippen LogP contribution in [0.2, 0.25) is 0 Å². The number of hydrogen-bond donors (Lipinski definition) is 1. The molecule has 1 unspecified atom stereocenters. The summed E-state index contributed by atoms with van der Waals surface area (Å²) in [6.07, 6.45) is 3.57. The van der Waals surface area contributed by atoms with Crippen LogP contribution in [0.1, 0.15) is 36.8 Å². The van der Waals surface area contributed by atoms with E-state index in [1.54, 1.807) is 0 Å². The summed E-state index contributed by atoms with van der Waals surface area (Å²) in [7, 11) is 0. The first-order valence-corrected chi connectivity index (χ1v) is 5.30. The molecular formula is C13H19O. The van der Waals surface area contributed by atoms with Crippen LogP contribution in [0.3, 0.4) is 0 Å². The average Bonchev–Trinajstić information content (AvgIpc) is 2.25. The molecule has 1 aromatic rings. The molecule has 0 aromatic heterocycles. The lowest BCUT2D eigenvalue weighted by molar-refractivity contribution is 0.282. The van der Waals surface area contributed by atoms with Gasteiger partial charge in [-0.1, -0.05) is 37.6 Å². The lowest BCUT2D eigenvalue weighted by Crippen LogP contribution is -1.99. The molecule has 0 saturated carbocycles. The summed E-state index contributed by atoms with van der Waals surface area (Å²) >= 11 is 0. The quantitative estimate of drug-likeness (QED) is 0.758. The van der Waals surface area contributed by atoms with Gasteiger partial charge in [0.25, 0.3) is 0 Å². The molecule has 77 valence electrons. The van der Waals surface area contributed by atoms with Crippen LogP contribution in [0, 0.1) is 6.92 Å². The molecule has 14 heavy (non-hydrogen) atoms. The van der Waals surface area contributed by atoms with Crippen molar-refractivity contribution in [1.82, 2.24) is 0 Å². The molecule has 0 aliphatic heterocycles. The SMILES string of the molecule is [CH2]C(CO)c1cccc(CCCC)c1. The molecule has 0 saturated heterocycles. The van der Waals surface area contributed by atoms with E-state index in [1.165, 1.54) is 18.4 Å². The van der Waals surface area contributed by atoms with E-state index in [-0.39, 0.29) is 12.5 Å². The summed E-state index contributed by atoms with van der Waals surface area (Å²) in [6, 6.07) is 8.38. The monoisotopic (exact) mass is 191 g/mol. The second-order valence-corrected chi connectivity index (χ2v) is 3.73. The predicted octanol–water partition coefficient (Wildman–Crippen LogP) is 2.94. The first kappa shape index (κ1) is 11.3. The first-order chi connectivity index (χ1) is 6.77. The van der Waals surface area contributed by atoms with E-state index in [2.05, 4.69) is 26.0 Å². The van der Waals surface area contributed by atoms with E-state index >= 15 is 0 Å². The number of benzene rings is 1. The van der Waals surface area contributed by atoms with Crippen LogP contribution in [0.4, 0.5) is 0 Å². The van der Waals surface area contributed by atoms with Gasteiger partial charge in [-0.3, -0.25) is 0 Å². The van der Waals surface area contributed by atoms with E-state index < -0.39 is 0 Å². The van der Waals surface area contributed by atoms with Crippen LogP contribution < -0.4 is 0 Å². The fourth-order valence-corrected chi connectivity index (χ4v) is 1.49. The van der Waals surface area contributed by atoms with Crippen molar-refractivity contribution in [1.29, 1.82) is 0 Å². The molecule has 1 N–H and O–H groups in total. The Morgan fingerprint density at radius 3 is 2.86 bits per heavy atom. The zero-order valence-electron chi connectivity index (χ0n) is 8.87. The second kappa shape index (κ2) is 5.82. The molecule has 0 fully saturated rings. The van der Waals surface area contributed by atoms with Crippen molar-refractivity contribution in [2.24, 2.45) is 0 Å². The number of hydrogen-bond acceptors (Lipinski definition) is 1. The Bertz CT molecular complexity index is 268. The zero-order chi connectivity index (χ0) is 10.4.